The van der Waals surface area contributed by atoms with Crippen molar-refractivity contribution in [2.45, 2.75) is 0 Å². The van der Waals surface area contributed by atoms with E-state index in [-0.39, 0.29) is 11.7 Å². The summed E-state index contributed by atoms with van der Waals surface area (Å²) >= 11 is 5.46. The monoisotopic (exact) mass is 231 g/mol. The van der Waals surface area contributed by atoms with Gasteiger partial charge >= 0.3 is 0 Å². The van der Waals surface area contributed by atoms with Crippen LogP contribution in [-0.4, -0.2) is 47.2 Å². The lowest BCUT2D eigenvalue weighted by Crippen LogP contribution is -2.28. The van der Waals surface area contributed by atoms with Crippen LogP contribution in [0.2, 0.25) is 0 Å². The summed E-state index contributed by atoms with van der Waals surface area (Å²) in [4.78, 5) is 13.3. The van der Waals surface area contributed by atoms with E-state index >= 15 is 0 Å². The van der Waals surface area contributed by atoms with E-state index in [1.54, 1.807) is 16.5 Å². The summed E-state index contributed by atoms with van der Waals surface area (Å²) in [7, 11) is 5.42. The van der Waals surface area contributed by atoms with Crippen molar-refractivity contribution in [3.8, 4) is 0 Å². The maximum atomic E-state index is 11.5. The minimum atomic E-state index is -0.265. The zero-order valence-corrected chi connectivity index (χ0v) is 9.75. The van der Waals surface area contributed by atoms with Crippen molar-refractivity contribution in [3.63, 3.8) is 0 Å². The number of amides is 1. The molecule has 0 fully saturated rings. The van der Waals surface area contributed by atoms with Gasteiger partial charge in [-0.25, -0.2) is 0 Å². The molecular formula is C8H14ClN5O. The number of rotatable bonds is 4. The van der Waals surface area contributed by atoms with Gasteiger partial charge in [0.1, 0.15) is 0 Å². The number of nitrogens with one attached hydrogen (secondary N) is 1. The Kier molecular flexibility index (Phi) is 3.90. The lowest BCUT2D eigenvalue weighted by Gasteiger charge is -2.10. The van der Waals surface area contributed by atoms with Gasteiger partial charge in [0.15, 0.2) is 0 Å². The maximum Gasteiger partial charge on any atom is 0.289 e. The molecule has 1 aromatic rings. The summed E-state index contributed by atoms with van der Waals surface area (Å²) in [5, 5.41) is 10.3. The van der Waals surface area contributed by atoms with Gasteiger partial charge in [0.05, 0.1) is 0 Å². The molecule has 0 aromatic carbocycles. The molecule has 0 aliphatic carbocycles. The van der Waals surface area contributed by atoms with Gasteiger partial charge in [0.25, 0.3) is 5.91 Å². The molecule has 0 radical (unpaired) electrons. The summed E-state index contributed by atoms with van der Waals surface area (Å²) in [5.41, 5.74) is 0. The molecule has 1 heterocycles. The molecule has 0 saturated carbocycles. The van der Waals surface area contributed by atoms with Crippen LogP contribution in [-0.2, 0) is 7.05 Å². The van der Waals surface area contributed by atoms with Crippen molar-refractivity contribution < 1.29 is 4.79 Å². The Morgan fingerprint density at radius 2 is 2.20 bits per heavy atom. The number of halogens is 1. The average Bonchev–Trinajstić information content (AvgIpc) is 2.56. The van der Waals surface area contributed by atoms with Gasteiger partial charge < -0.3 is 10.2 Å². The highest BCUT2D eigenvalue weighted by Gasteiger charge is 2.16. The Hall–Kier alpha value is -1.30. The number of alkyl halides is 1. The zero-order chi connectivity index (χ0) is 11.4. The maximum absolute atomic E-state index is 11.5. The number of hydrogen-bond donors (Lipinski definition) is 1. The molecule has 0 spiro atoms. The largest absolute Gasteiger partial charge is 0.348 e. The molecule has 1 rings (SSSR count). The molecular weight excluding hydrogens is 218 g/mol. The minimum Gasteiger partial charge on any atom is -0.348 e. The molecule has 7 heteroatoms. The van der Waals surface area contributed by atoms with E-state index in [2.05, 4.69) is 15.5 Å². The van der Waals surface area contributed by atoms with Crippen molar-refractivity contribution in [3.05, 3.63) is 5.82 Å². The van der Waals surface area contributed by atoms with Crippen LogP contribution in [0.15, 0.2) is 0 Å². The van der Waals surface area contributed by atoms with Crippen LogP contribution in [0.1, 0.15) is 10.6 Å². The molecule has 6 nitrogen and oxygen atoms in total. The van der Waals surface area contributed by atoms with Crippen LogP contribution < -0.4 is 10.2 Å². The van der Waals surface area contributed by atoms with Crippen molar-refractivity contribution in [1.82, 2.24) is 20.1 Å². The van der Waals surface area contributed by atoms with Gasteiger partial charge in [-0.2, -0.15) is 0 Å². The van der Waals surface area contributed by atoms with E-state index in [4.69, 9.17) is 11.6 Å². The number of carbonyl (C=O) groups is 1. The van der Waals surface area contributed by atoms with Crippen molar-refractivity contribution in [1.29, 1.82) is 0 Å². The van der Waals surface area contributed by atoms with Gasteiger partial charge in [-0.15, -0.1) is 21.8 Å². The molecule has 0 bridgehead atoms. The molecule has 15 heavy (non-hydrogen) atoms. The predicted octanol–water partition coefficient (Wildman–Crippen LogP) is -0.150. The van der Waals surface area contributed by atoms with Crippen LogP contribution in [0.3, 0.4) is 0 Å². The SMILES string of the molecule is CN(C)c1nnc(C(=O)NCCCl)n1C. The summed E-state index contributed by atoms with van der Waals surface area (Å²) < 4.78 is 1.63. The molecule has 0 saturated heterocycles. The first-order valence-electron chi connectivity index (χ1n) is 4.48. The van der Waals surface area contributed by atoms with E-state index in [1.807, 2.05) is 14.1 Å². The Labute approximate surface area is 93.2 Å². The normalized spacial score (nSPS) is 10.1. The predicted molar refractivity (Wildman–Crippen MR) is 58.4 cm³/mol. The highest BCUT2D eigenvalue weighted by Crippen LogP contribution is 2.07. The first-order valence-corrected chi connectivity index (χ1v) is 5.02. The van der Waals surface area contributed by atoms with Gasteiger partial charge in [-0.3, -0.25) is 9.36 Å². The zero-order valence-electron chi connectivity index (χ0n) is 8.99. The third-order valence-electron chi connectivity index (χ3n) is 1.84. The van der Waals surface area contributed by atoms with Gasteiger partial charge in [0.2, 0.25) is 11.8 Å². The fraction of sp³-hybridized carbons (Fsp3) is 0.625. The summed E-state index contributed by atoms with van der Waals surface area (Å²) in [6, 6.07) is 0. The average molecular weight is 232 g/mol. The number of carbonyl (C=O) groups excluding carboxylic acids is 1. The van der Waals surface area contributed by atoms with Crippen LogP contribution in [0.4, 0.5) is 5.95 Å². The lowest BCUT2D eigenvalue weighted by molar-refractivity contribution is 0.0942. The smallest absolute Gasteiger partial charge is 0.289 e. The fourth-order valence-corrected chi connectivity index (χ4v) is 1.24. The molecule has 1 N–H and O–H groups in total. The summed E-state index contributed by atoms with van der Waals surface area (Å²) in [6.07, 6.45) is 0. The quantitative estimate of drug-likeness (QED) is 0.733. The van der Waals surface area contributed by atoms with E-state index in [0.29, 0.717) is 18.4 Å². The van der Waals surface area contributed by atoms with Crippen LogP contribution >= 0.6 is 11.6 Å². The number of hydrogen-bond acceptors (Lipinski definition) is 4. The topological polar surface area (TPSA) is 63.1 Å². The number of nitrogens with zero attached hydrogens (tertiary/aromatic N) is 4. The standard InChI is InChI=1S/C8H14ClN5O/c1-13(2)8-12-11-6(14(8)3)7(15)10-5-4-9/h4-5H2,1-3H3,(H,10,15). The molecule has 84 valence electrons. The molecule has 0 aliphatic heterocycles. The minimum absolute atomic E-state index is 0.265. The Morgan fingerprint density at radius 3 is 2.67 bits per heavy atom. The lowest BCUT2D eigenvalue weighted by atomic mass is 10.5. The first kappa shape index (κ1) is 11.8. The second-order valence-electron chi connectivity index (χ2n) is 3.22. The van der Waals surface area contributed by atoms with Crippen LogP contribution in [0.25, 0.3) is 0 Å². The highest BCUT2D eigenvalue weighted by atomic mass is 35.5. The van der Waals surface area contributed by atoms with E-state index < -0.39 is 0 Å². The van der Waals surface area contributed by atoms with E-state index in [0.717, 1.165) is 0 Å². The van der Waals surface area contributed by atoms with Gasteiger partial charge in [0, 0.05) is 33.6 Å². The van der Waals surface area contributed by atoms with Crippen molar-refractivity contribution in [2.24, 2.45) is 7.05 Å². The Morgan fingerprint density at radius 1 is 1.53 bits per heavy atom. The Balaban J connectivity index is 2.82. The van der Waals surface area contributed by atoms with Gasteiger partial charge in [-0.1, -0.05) is 0 Å². The van der Waals surface area contributed by atoms with Gasteiger partial charge in [-0.05, 0) is 0 Å². The molecule has 1 aromatic heterocycles. The Bertz CT molecular complexity index is 349. The molecule has 0 atom stereocenters. The first-order chi connectivity index (χ1) is 7.07. The fourth-order valence-electron chi connectivity index (χ4n) is 1.15. The van der Waals surface area contributed by atoms with Crippen LogP contribution in [0.5, 0.6) is 0 Å². The molecule has 0 aliphatic rings. The molecule has 1 amide bonds. The van der Waals surface area contributed by atoms with Crippen molar-refractivity contribution >= 4 is 23.5 Å². The third-order valence-corrected chi connectivity index (χ3v) is 2.02. The third kappa shape index (κ3) is 2.59. The number of aromatic nitrogens is 3. The number of anilines is 1. The molecule has 0 unspecified atom stereocenters. The second-order valence-corrected chi connectivity index (χ2v) is 3.60. The van der Waals surface area contributed by atoms with Crippen molar-refractivity contribution in [2.75, 3.05) is 31.4 Å². The van der Waals surface area contributed by atoms with E-state index in [1.165, 1.54) is 0 Å². The summed E-state index contributed by atoms with van der Waals surface area (Å²) in [6.45, 7) is 0.421. The highest BCUT2D eigenvalue weighted by molar-refractivity contribution is 6.18. The summed E-state index contributed by atoms with van der Waals surface area (Å²) in [5.74, 6) is 1.03. The second kappa shape index (κ2) is 4.97. The van der Waals surface area contributed by atoms with E-state index in [9.17, 15) is 4.79 Å². The van der Waals surface area contributed by atoms with Crippen LogP contribution in [0, 0.1) is 0 Å².